The van der Waals surface area contributed by atoms with Crippen molar-refractivity contribution in [2.45, 2.75) is 6.54 Å². The molecular weight excluding hydrogens is 332 g/mol. The molecule has 0 aliphatic rings. The molecule has 0 fully saturated rings. The summed E-state index contributed by atoms with van der Waals surface area (Å²) in [7, 11) is 0. The Kier molecular flexibility index (Phi) is 4.21. The fourth-order valence-electron chi connectivity index (χ4n) is 2.38. The van der Waals surface area contributed by atoms with Gasteiger partial charge in [-0.15, -0.1) is 0 Å². The second-order valence-corrected chi connectivity index (χ2v) is 5.44. The molecule has 0 aliphatic carbocycles. The topological polar surface area (TPSA) is 98.7 Å². The third-order valence-corrected chi connectivity index (χ3v) is 3.67. The van der Waals surface area contributed by atoms with Crippen molar-refractivity contribution in [3.63, 3.8) is 0 Å². The SMILES string of the molecule is O=C(NCc1noc(-c2ccccc2)n1)c1ccnc(-n2ccnc2)c1. The van der Waals surface area contributed by atoms with Crippen LogP contribution in [-0.4, -0.2) is 30.6 Å². The van der Waals surface area contributed by atoms with Crippen molar-refractivity contribution >= 4 is 5.91 Å². The Morgan fingerprint density at radius 3 is 2.85 bits per heavy atom. The van der Waals surface area contributed by atoms with Gasteiger partial charge in [0.15, 0.2) is 5.82 Å². The van der Waals surface area contributed by atoms with Gasteiger partial charge in [-0.3, -0.25) is 9.36 Å². The molecule has 0 radical (unpaired) electrons. The van der Waals surface area contributed by atoms with Crippen LogP contribution in [0.1, 0.15) is 16.2 Å². The molecule has 3 aromatic heterocycles. The summed E-state index contributed by atoms with van der Waals surface area (Å²) in [4.78, 5) is 24.8. The third-order valence-electron chi connectivity index (χ3n) is 3.67. The highest BCUT2D eigenvalue weighted by molar-refractivity contribution is 5.94. The average molecular weight is 346 g/mol. The molecule has 3 heterocycles. The van der Waals surface area contributed by atoms with Gasteiger partial charge in [-0.25, -0.2) is 9.97 Å². The highest BCUT2D eigenvalue weighted by Crippen LogP contribution is 2.16. The molecule has 0 unspecified atom stereocenters. The van der Waals surface area contributed by atoms with Crippen LogP contribution in [0.3, 0.4) is 0 Å². The number of carbonyl (C=O) groups is 1. The molecule has 1 amide bonds. The summed E-state index contributed by atoms with van der Waals surface area (Å²) in [6, 6.07) is 12.8. The number of hydrogen-bond donors (Lipinski definition) is 1. The van der Waals surface area contributed by atoms with E-state index < -0.39 is 0 Å². The number of rotatable bonds is 5. The van der Waals surface area contributed by atoms with E-state index in [4.69, 9.17) is 4.52 Å². The largest absolute Gasteiger partial charge is 0.345 e. The smallest absolute Gasteiger partial charge is 0.257 e. The zero-order valence-corrected chi connectivity index (χ0v) is 13.6. The first-order valence-corrected chi connectivity index (χ1v) is 7.90. The van der Waals surface area contributed by atoms with E-state index in [2.05, 4.69) is 25.4 Å². The first-order valence-electron chi connectivity index (χ1n) is 7.90. The van der Waals surface area contributed by atoms with Crippen LogP contribution in [0.15, 0.2) is 71.9 Å². The van der Waals surface area contributed by atoms with Crippen molar-refractivity contribution in [1.29, 1.82) is 0 Å². The highest BCUT2D eigenvalue weighted by atomic mass is 16.5. The number of benzene rings is 1. The molecule has 0 spiro atoms. The predicted molar refractivity (Wildman–Crippen MR) is 92.3 cm³/mol. The fraction of sp³-hybridized carbons (Fsp3) is 0.0556. The van der Waals surface area contributed by atoms with Crippen LogP contribution in [-0.2, 0) is 6.54 Å². The summed E-state index contributed by atoms with van der Waals surface area (Å²) < 4.78 is 6.95. The molecule has 8 nitrogen and oxygen atoms in total. The zero-order valence-electron chi connectivity index (χ0n) is 13.6. The Balaban J connectivity index is 1.43. The normalized spacial score (nSPS) is 10.6. The van der Waals surface area contributed by atoms with Gasteiger partial charge in [0.25, 0.3) is 11.8 Å². The van der Waals surface area contributed by atoms with Gasteiger partial charge in [0.1, 0.15) is 12.1 Å². The molecule has 1 N–H and O–H groups in total. The Morgan fingerprint density at radius 1 is 1.15 bits per heavy atom. The number of amides is 1. The Labute approximate surface area is 148 Å². The van der Waals surface area contributed by atoms with Crippen molar-refractivity contribution < 1.29 is 9.32 Å². The minimum Gasteiger partial charge on any atom is -0.345 e. The maximum Gasteiger partial charge on any atom is 0.257 e. The van der Waals surface area contributed by atoms with E-state index in [1.807, 2.05) is 30.3 Å². The lowest BCUT2D eigenvalue weighted by atomic mass is 10.2. The van der Waals surface area contributed by atoms with Gasteiger partial charge in [-0.05, 0) is 24.3 Å². The fourth-order valence-corrected chi connectivity index (χ4v) is 2.38. The number of imidazole rings is 1. The van der Waals surface area contributed by atoms with E-state index in [0.717, 1.165) is 5.56 Å². The molecular formula is C18H14N6O2. The average Bonchev–Trinajstić information content (AvgIpc) is 3.39. The molecule has 0 saturated heterocycles. The van der Waals surface area contributed by atoms with E-state index >= 15 is 0 Å². The second-order valence-electron chi connectivity index (χ2n) is 5.44. The van der Waals surface area contributed by atoms with E-state index in [-0.39, 0.29) is 12.5 Å². The monoisotopic (exact) mass is 346 g/mol. The van der Waals surface area contributed by atoms with Crippen LogP contribution in [0.4, 0.5) is 0 Å². The van der Waals surface area contributed by atoms with Crippen LogP contribution >= 0.6 is 0 Å². The summed E-state index contributed by atoms with van der Waals surface area (Å²) in [5.41, 5.74) is 1.31. The standard InChI is InChI=1S/C18H14N6O2/c25-17(14-6-7-20-16(10-14)24-9-8-19-12-24)21-11-15-22-18(26-23-15)13-4-2-1-3-5-13/h1-10,12H,11H2,(H,21,25). The number of carbonyl (C=O) groups excluding carboxylic acids is 1. The Hall–Kier alpha value is -3.81. The molecule has 8 heteroatoms. The van der Waals surface area contributed by atoms with Gasteiger partial charge in [-0.1, -0.05) is 23.4 Å². The van der Waals surface area contributed by atoms with Crippen molar-refractivity contribution in [3.8, 4) is 17.3 Å². The highest BCUT2D eigenvalue weighted by Gasteiger charge is 2.11. The number of aromatic nitrogens is 5. The Morgan fingerprint density at radius 2 is 2.04 bits per heavy atom. The third kappa shape index (κ3) is 3.34. The molecule has 0 atom stereocenters. The maximum absolute atomic E-state index is 12.4. The van der Waals surface area contributed by atoms with Gasteiger partial charge >= 0.3 is 0 Å². The summed E-state index contributed by atoms with van der Waals surface area (Å²) in [5, 5.41) is 6.67. The lowest BCUT2D eigenvalue weighted by Gasteiger charge is -2.05. The quantitative estimate of drug-likeness (QED) is 0.595. The molecule has 0 saturated carbocycles. The first-order chi connectivity index (χ1) is 12.8. The lowest BCUT2D eigenvalue weighted by molar-refractivity contribution is 0.0949. The summed E-state index contributed by atoms with van der Waals surface area (Å²) in [5.74, 6) is 1.18. The molecule has 128 valence electrons. The predicted octanol–water partition coefficient (Wildman–Crippen LogP) is 2.25. The van der Waals surface area contributed by atoms with Gasteiger partial charge in [-0.2, -0.15) is 4.98 Å². The molecule has 0 aliphatic heterocycles. The molecule has 1 aromatic carbocycles. The van der Waals surface area contributed by atoms with Crippen molar-refractivity contribution in [2.24, 2.45) is 0 Å². The maximum atomic E-state index is 12.4. The lowest BCUT2D eigenvalue weighted by Crippen LogP contribution is -2.23. The van der Waals surface area contributed by atoms with Crippen molar-refractivity contribution in [3.05, 3.63) is 78.8 Å². The number of nitrogens with one attached hydrogen (secondary N) is 1. The van der Waals surface area contributed by atoms with E-state index in [0.29, 0.717) is 23.1 Å². The Bertz CT molecular complexity index is 1010. The first kappa shape index (κ1) is 15.7. The minimum atomic E-state index is -0.250. The van der Waals surface area contributed by atoms with Gasteiger partial charge in [0, 0.05) is 29.7 Å². The van der Waals surface area contributed by atoms with Crippen LogP contribution in [0.5, 0.6) is 0 Å². The summed E-state index contributed by atoms with van der Waals surface area (Å²) in [6.45, 7) is 0.165. The van der Waals surface area contributed by atoms with E-state index in [9.17, 15) is 4.79 Å². The van der Waals surface area contributed by atoms with Gasteiger partial charge in [0.2, 0.25) is 0 Å². The van der Waals surface area contributed by atoms with Gasteiger partial charge in [0.05, 0.1) is 6.54 Å². The molecule has 4 aromatic rings. The minimum absolute atomic E-state index is 0.165. The van der Waals surface area contributed by atoms with E-state index in [1.165, 1.54) is 0 Å². The number of hydrogen-bond acceptors (Lipinski definition) is 6. The van der Waals surface area contributed by atoms with Crippen LogP contribution in [0.25, 0.3) is 17.3 Å². The molecule has 0 bridgehead atoms. The number of pyridine rings is 1. The van der Waals surface area contributed by atoms with Crippen molar-refractivity contribution in [2.75, 3.05) is 0 Å². The van der Waals surface area contributed by atoms with Crippen LogP contribution < -0.4 is 5.32 Å². The molecule has 26 heavy (non-hydrogen) atoms. The summed E-state index contributed by atoms with van der Waals surface area (Å²) >= 11 is 0. The molecule has 4 rings (SSSR count). The van der Waals surface area contributed by atoms with Gasteiger partial charge < -0.3 is 9.84 Å². The van der Waals surface area contributed by atoms with Crippen LogP contribution in [0, 0.1) is 0 Å². The second kappa shape index (κ2) is 6.98. The zero-order chi connectivity index (χ0) is 17.8. The summed E-state index contributed by atoms with van der Waals surface area (Å²) in [6.07, 6.45) is 6.60. The number of nitrogens with zero attached hydrogens (tertiary/aromatic N) is 5. The van der Waals surface area contributed by atoms with Crippen molar-refractivity contribution in [1.82, 2.24) is 30.0 Å². The van der Waals surface area contributed by atoms with Crippen LogP contribution in [0.2, 0.25) is 0 Å². The van der Waals surface area contributed by atoms with E-state index in [1.54, 1.807) is 41.6 Å².